The molecule has 1 fully saturated rings. The summed E-state index contributed by atoms with van der Waals surface area (Å²) in [6.45, 7) is 3.57. The van der Waals surface area contributed by atoms with E-state index in [1.807, 2.05) is 68.4 Å². The van der Waals surface area contributed by atoms with E-state index in [2.05, 4.69) is 10.6 Å². The van der Waals surface area contributed by atoms with E-state index in [0.717, 1.165) is 21.6 Å². The normalized spacial score (nSPS) is 17.6. The van der Waals surface area contributed by atoms with Gasteiger partial charge in [-0.05, 0) is 30.5 Å². The van der Waals surface area contributed by atoms with Crippen molar-refractivity contribution in [3.05, 3.63) is 71.3 Å². The Bertz CT molecular complexity index is 851. The minimum Gasteiger partial charge on any atom is -0.348 e. The van der Waals surface area contributed by atoms with Crippen LogP contribution in [0, 0.1) is 6.92 Å². The molecule has 1 aliphatic rings. The van der Waals surface area contributed by atoms with E-state index in [9.17, 15) is 14.4 Å². The highest BCUT2D eigenvalue weighted by atomic mass is 16.2. The lowest BCUT2D eigenvalue weighted by molar-refractivity contribution is -0.132. The van der Waals surface area contributed by atoms with E-state index in [1.165, 1.54) is 0 Å². The SMILES string of the molecule is Cc1ccccc1C(C)NC(=O)CN1C(=O)NC(Cc2ccccc2)C1=O. The second-order valence-corrected chi connectivity index (χ2v) is 6.76. The van der Waals surface area contributed by atoms with Crippen LogP contribution in [-0.2, 0) is 16.0 Å². The van der Waals surface area contributed by atoms with Crippen molar-refractivity contribution >= 4 is 17.8 Å². The van der Waals surface area contributed by atoms with Crippen LogP contribution in [0.2, 0.25) is 0 Å². The summed E-state index contributed by atoms with van der Waals surface area (Å²) in [5.41, 5.74) is 3.03. The number of carbonyl (C=O) groups excluding carboxylic acids is 3. The number of nitrogens with zero attached hydrogens (tertiary/aromatic N) is 1. The van der Waals surface area contributed by atoms with Gasteiger partial charge in [-0.1, -0.05) is 54.6 Å². The van der Waals surface area contributed by atoms with Gasteiger partial charge in [0.2, 0.25) is 5.91 Å². The fraction of sp³-hybridized carbons (Fsp3) is 0.286. The van der Waals surface area contributed by atoms with Crippen LogP contribution in [0.4, 0.5) is 4.79 Å². The molecule has 0 saturated carbocycles. The average molecular weight is 365 g/mol. The second-order valence-electron chi connectivity index (χ2n) is 6.76. The summed E-state index contributed by atoms with van der Waals surface area (Å²) in [5.74, 6) is -0.739. The van der Waals surface area contributed by atoms with Gasteiger partial charge in [-0.2, -0.15) is 0 Å². The Balaban J connectivity index is 1.60. The predicted molar refractivity (Wildman–Crippen MR) is 102 cm³/mol. The Morgan fingerprint density at radius 3 is 2.48 bits per heavy atom. The van der Waals surface area contributed by atoms with Crippen molar-refractivity contribution in [2.45, 2.75) is 32.4 Å². The Morgan fingerprint density at radius 1 is 1.11 bits per heavy atom. The van der Waals surface area contributed by atoms with Crippen molar-refractivity contribution in [2.75, 3.05) is 6.54 Å². The van der Waals surface area contributed by atoms with Crippen molar-refractivity contribution in [3.63, 3.8) is 0 Å². The molecule has 1 saturated heterocycles. The van der Waals surface area contributed by atoms with Crippen LogP contribution in [0.15, 0.2) is 54.6 Å². The molecule has 2 aromatic carbocycles. The lowest BCUT2D eigenvalue weighted by Gasteiger charge is -2.18. The van der Waals surface area contributed by atoms with Crippen LogP contribution in [0.1, 0.15) is 29.7 Å². The average Bonchev–Trinajstić information content (AvgIpc) is 2.90. The molecule has 0 radical (unpaired) electrons. The van der Waals surface area contributed by atoms with Crippen molar-refractivity contribution in [1.29, 1.82) is 0 Å². The number of rotatable bonds is 6. The van der Waals surface area contributed by atoms with Crippen LogP contribution in [0.3, 0.4) is 0 Å². The second kappa shape index (κ2) is 8.03. The molecule has 2 N–H and O–H groups in total. The van der Waals surface area contributed by atoms with E-state index in [0.29, 0.717) is 6.42 Å². The smallest absolute Gasteiger partial charge is 0.325 e. The van der Waals surface area contributed by atoms with Gasteiger partial charge in [-0.3, -0.25) is 14.5 Å². The standard InChI is InChI=1S/C21H23N3O3/c1-14-8-6-7-11-17(14)15(2)22-19(25)13-24-20(26)18(23-21(24)27)12-16-9-4-3-5-10-16/h3-11,15,18H,12-13H2,1-2H3,(H,22,25)(H,23,27). The molecule has 2 aromatic rings. The molecule has 1 heterocycles. The van der Waals surface area contributed by atoms with E-state index in [4.69, 9.17) is 0 Å². The number of aryl methyl sites for hydroxylation is 1. The third-order valence-electron chi connectivity index (χ3n) is 4.72. The molecule has 2 atom stereocenters. The summed E-state index contributed by atoms with van der Waals surface area (Å²) in [5, 5.41) is 5.52. The minimum atomic E-state index is -0.638. The maximum absolute atomic E-state index is 12.5. The highest BCUT2D eigenvalue weighted by Gasteiger charge is 2.38. The summed E-state index contributed by atoms with van der Waals surface area (Å²) in [4.78, 5) is 38.0. The largest absolute Gasteiger partial charge is 0.348 e. The zero-order chi connectivity index (χ0) is 19.4. The lowest BCUT2D eigenvalue weighted by Crippen LogP contribution is -2.42. The monoisotopic (exact) mass is 365 g/mol. The Hall–Kier alpha value is -3.15. The Morgan fingerprint density at radius 2 is 1.78 bits per heavy atom. The molecule has 3 rings (SSSR count). The summed E-state index contributed by atoms with van der Waals surface area (Å²) >= 11 is 0. The number of urea groups is 1. The molecule has 0 spiro atoms. The minimum absolute atomic E-state index is 0.209. The number of hydrogen-bond acceptors (Lipinski definition) is 3. The highest BCUT2D eigenvalue weighted by Crippen LogP contribution is 2.17. The fourth-order valence-electron chi connectivity index (χ4n) is 3.30. The third-order valence-corrected chi connectivity index (χ3v) is 4.72. The summed E-state index contributed by atoms with van der Waals surface area (Å²) in [6, 6.07) is 15.9. The van der Waals surface area contributed by atoms with Gasteiger partial charge in [-0.15, -0.1) is 0 Å². The van der Waals surface area contributed by atoms with Crippen molar-refractivity contribution in [3.8, 4) is 0 Å². The van der Waals surface area contributed by atoms with Gasteiger partial charge >= 0.3 is 6.03 Å². The van der Waals surface area contributed by atoms with Gasteiger partial charge in [0.15, 0.2) is 0 Å². The van der Waals surface area contributed by atoms with Gasteiger partial charge in [-0.25, -0.2) is 4.79 Å². The summed E-state index contributed by atoms with van der Waals surface area (Å²) < 4.78 is 0. The Kier molecular flexibility index (Phi) is 5.54. The molecule has 6 heteroatoms. The van der Waals surface area contributed by atoms with Crippen LogP contribution >= 0.6 is 0 Å². The van der Waals surface area contributed by atoms with E-state index in [-0.39, 0.29) is 24.4 Å². The molecular formula is C21H23N3O3. The van der Waals surface area contributed by atoms with Crippen LogP contribution in [0.25, 0.3) is 0 Å². The zero-order valence-corrected chi connectivity index (χ0v) is 15.4. The lowest BCUT2D eigenvalue weighted by atomic mass is 10.0. The number of amides is 4. The molecule has 0 aromatic heterocycles. The van der Waals surface area contributed by atoms with Crippen LogP contribution in [0.5, 0.6) is 0 Å². The molecule has 6 nitrogen and oxygen atoms in total. The third kappa shape index (κ3) is 4.34. The van der Waals surface area contributed by atoms with E-state index in [1.54, 1.807) is 0 Å². The summed E-state index contributed by atoms with van der Waals surface area (Å²) in [7, 11) is 0. The first-order valence-electron chi connectivity index (χ1n) is 8.96. The predicted octanol–water partition coefficient (Wildman–Crippen LogP) is 2.34. The number of hydrogen-bond donors (Lipinski definition) is 2. The molecule has 4 amide bonds. The van der Waals surface area contributed by atoms with E-state index >= 15 is 0 Å². The van der Waals surface area contributed by atoms with Gasteiger partial charge in [0.25, 0.3) is 5.91 Å². The molecule has 1 aliphatic heterocycles. The van der Waals surface area contributed by atoms with Crippen molar-refractivity contribution in [2.24, 2.45) is 0 Å². The maximum Gasteiger partial charge on any atom is 0.325 e. The van der Waals surface area contributed by atoms with Crippen molar-refractivity contribution < 1.29 is 14.4 Å². The first kappa shape index (κ1) is 18.6. The fourth-order valence-corrected chi connectivity index (χ4v) is 3.30. The maximum atomic E-state index is 12.5. The quantitative estimate of drug-likeness (QED) is 0.771. The molecule has 0 bridgehead atoms. The van der Waals surface area contributed by atoms with Crippen molar-refractivity contribution in [1.82, 2.24) is 15.5 Å². The van der Waals surface area contributed by atoms with Crippen LogP contribution in [-0.4, -0.2) is 35.3 Å². The number of benzene rings is 2. The topological polar surface area (TPSA) is 78.5 Å². The summed E-state index contributed by atoms with van der Waals surface area (Å²) in [6.07, 6.45) is 0.406. The number of nitrogens with one attached hydrogen (secondary N) is 2. The first-order chi connectivity index (χ1) is 13.0. The Labute approximate surface area is 158 Å². The first-order valence-corrected chi connectivity index (χ1v) is 8.96. The van der Waals surface area contributed by atoms with Crippen LogP contribution < -0.4 is 10.6 Å². The molecular weight excluding hydrogens is 342 g/mol. The number of imide groups is 1. The van der Waals surface area contributed by atoms with Gasteiger partial charge < -0.3 is 10.6 Å². The van der Waals surface area contributed by atoms with E-state index < -0.39 is 12.1 Å². The molecule has 2 unspecified atom stereocenters. The highest BCUT2D eigenvalue weighted by molar-refractivity contribution is 6.06. The van der Waals surface area contributed by atoms with Gasteiger partial charge in [0.05, 0.1) is 6.04 Å². The molecule has 27 heavy (non-hydrogen) atoms. The van der Waals surface area contributed by atoms with Gasteiger partial charge in [0, 0.05) is 6.42 Å². The zero-order valence-electron chi connectivity index (χ0n) is 15.4. The molecule has 140 valence electrons. The van der Waals surface area contributed by atoms with Gasteiger partial charge in [0.1, 0.15) is 12.6 Å². The number of carbonyl (C=O) groups is 3. The molecule has 0 aliphatic carbocycles.